The number of β-amino-alcohol motifs (C(OH)–C–C–N with tert-alkyl or cyclic N) is 1. The zero-order valence-electron chi connectivity index (χ0n) is 16.9. The van der Waals surface area contributed by atoms with Gasteiger partial charge in [-0.3, -0.25) is 9.69 Å². The van der Waals surface area contributed by atoms with Crippen molar-refractivity contribution in [3.05, 3.63) is 71.8 Å². The van der Waals surface area contributed by atoms with Crippen LogP contribution in [-0.2, 0) is 10.3 Å². The second-order valence-corrected chi connectivity index (χ2v) is 8.11. The molecule has 2 aromatic carbocycles. The van der Waals surface area contributed by atoms with Gasteiger partial charge in [0.1, 0.15) is 0 Å². The SMILES string of the molecule is CC(C)(C)NCC(O)CN1C(=O)NC(c2ccccc2)(c2ccccc2)C1=O.Cl. The van der Waals surface area contributed by atoms with Crippen molar-refractivity contribution in [1.29, 1.82) is 0 Å². The van der Waals surface area contributed by atoms with E-state index in [0.29, 0.717) is 11.1 Å². The first-order valence-corrected chi connectivity index (χ1v) is 9.42. The molecular formula is C22H28ClN3O3. The number of rotatable bonds is 6. The predicted molar refractivity (Wildman–Crippen MR) is 115 cm³/mol. The molecule has 0 spiro atoms. The van der Waals surface area contributed by atoms with Gasteiger partial charge >= 0.3 is 6.03 Å². The number of amides is 3. The van der Waals surface area contributed by atoms with E-state index in [1.54, 1.807) is 0 Å². The Labute approximate surface area is 177 Å². The minimum atomic E-state index is -1.29. The second kappa shape index (κ2) is 8.95. The van der Waals surface area contributed by atoms with E-state index >= 15 is 0 Å². The maximum atomic E-state index is 13.5. The third kappa shape index (κ3) is 4.78. The van der Waals surface area contributed by atoms with E-state index in [4.69, 9.17) is 0 Å². The molecule has 0 aromatic heterocycles. The first-order valence-electron chi connectivity index (χ1n) is 9.42. The minimum absolute atomic E-state index is 0. The molecule has 0 saturated carbocycles. The van der Waals surface area contributed by atoms with Crippen LogP contribution in [0, 0.1) is 0 Å². The lowest BCUT2D eigenvalue weighted by Gasteiger charge is -2.28. The van der Waals surface area contributed by atoms with E-state index in [2.05, 4.69) is 10.6 Å². The molecule has 1 heterocycles. The Morgan fingerprint density at radius 3 is 1.93 bits per heavy atom. The van der Waals surface area contributed by atoms with Crippen molar-refractivity contribution in [2.24, 2.45) is 0 Å². The molecule has 7 heteroatoms. The number of urea groups is 1. The van der Waals surface area contributed by atoms with Crippen LogP contribution in [0.25, 0.3) is 0 Å². The molecule has 1 aliphatic heterocycles. The van der Waals surface area contributed by atoms with Gasteiger partial charge < -0.3 is 15.7 Å². The quantitative estimate of drug-likeness (QED) is 0.631. The molecule has 1 saturated heterocycles. The summed E-state index contributed by atoms with van der Waals surface area (Å²) < 4.78 is 0. The van der Waals surface area contributed by atoms with Crippen molar-refractivity contribution < 1.29 is 14.7 Å². The summed E-state index contributed by atoms with van der Waals surface area (Å²) in [5, 5.41) is 16.5. The van der Waals surface area contributed by atoms with E-state index in [0.717, 1.165) is 4.90 Å². The Bertz CT molecular complexity index is 798. The van der Waals surface area contributed by atoms with Crippen LogP contribution in [-0.4, -0.2) is 46.7 Å². The molecule has 3 amide bonds. The number of carbonyl (C=O) groups excluding carboxylic acids is 2. The molecule has 3 rings (SSSR count). The fourth-order valence-electron chi connectivity index (χ4n) is 3.38. The number of nitrogens with zero attached hydrogens (tertiary/aromatic N) is 1. The van der Waals surface area contributed by atoms with Gasteiger partial charge in [-0.05, 0) is 31.9 Å². The Kier molecular flexibility index (Phi) is 7.06. The molecule has 29 heavy (non-hydrogen) atoms. The lowest BCUT2D eigenvalue weighted by Crippen LogP contribution is -2.47. The average molecular weight is 418 g/mol. The summed E-state index contributed by atoms with van der Waals surface area (Å²) in [4.78, 5) is 27.3. The van der Waals surface area contributed by atoms with Crippen molar-refractivity contribution in [2.45, 2.75) is 38.0 Å². The van der Waals surface area contributed by atoms with Crippen molar-refractivity contribution in [1.82, 2.24) is 15.5 Å². The summed E-state index contributed by atoms with van der Waals surface area (Å²) >= 11 is 0. The van der Waals surface area contributed by atoms with Gasteiger partial charge in [0.15, 0.2) is 5.54 Å². The zero-order valence-corrected chi connectivity index (χ0v) is 17.7. The number of hydrogen-bond donors (Lipinski definition) is 3. The van der Waals surface area contributed by atoms with Gasteiger partial charge in [0, 0.05) is 12.1 Å². The van der Waals surface area contributed by atoms with Crippen LogP contribution in [0.2, 0.25) is 0 Å². The third-order valence-corrected chi connectivity index (χ3v) is 4.78. The zero-order chi connectivity index (χ0) is 20.4. The number of hydrogen-bond acceptors (Lipinski definition) is 4. The summed E-state index contributed by atoms with van der Waals surface area (Å²) in [6, 6.07) is 17.9. The van der Waals surface area contributed by atoms with E-state index in [-0.39, 0.29) is 36.9 Å². The molecule has 1 atom stereocenters. The number of nitrogens with one attached hydrogen (secondary N) is 2. The minimum Gasteiger partial charge on any atom is -0.390 e. The van der Waals surface area contributed by atoms with Gasteiger partial charge in [-0.15, -0.1) is 12.4 Å². The van der Waals surface area contributed by atoms with Crippen molar-refractivity contribution in [3.8, 4) is 0 Å². The Morgan fingerprint density at radius 1 is 1.00 bits per heavy atom. The summed E-state index contributed by atoms with van der Waals surface area (Å²) in [5.74, 6) is -0.385. The third-order valence-electron chi connectivity index (χ3n) is 4.78. The molecule has 1 unspecified atom stereocenters. The van der Waals surface area contributed by atoms with Gasteiger partial charge in [-0.1, -0.05) is 60.7 Å². The number of aliphatic hydroxyl groups is 1. The maximum absolute atomic E-state index is 13.5. The highest BCUT2D eigenvalue weighted by Crippen LogP contribution is 2.35. The van der Waals surface area contributed by atoms with Crippen LogP contribution in [0.15, 0.2) is 60.7 Å². The molecule has 2 aromatic rings. The van der Waals surface area contributed by atoms with Crippen molar-refractivity contribution >= 4 is 24.3 Å². The fourth-order valence-corrected chi connectivity index (χ4v) is 3.38. The summed E-state index contributed by atoms with van der Waals surface area (Å²) in [6.07, 6.45) is -0.865. The second-order valence-electron chi connectivity index (χ2n) is 8.11. The number of halogens is 1. The van der Waals surface area contributed by atoms with E-state index in [9.17, 15) is 14.7 Å². The number of benzene rings is 2. The van der Waals surface area contributed by atoms with E-state index < -0.39 is 17.7 Å². The topological polar surface area (TPSA) is 81.7 Å². The highest BCUT2D eigenvalue weighted by atomic mass is 35.5. The van der Waals surface area contributed by atoms with Crippen LogP contribution in [0.4, 0.5) is 4.79 Å². The van der Waals surface area contributed by atoms with Crippen LogP contribution >= 0.6 is 12.4 Å². The van der Waals surface area contributed by atoms with Crippen LogP contribution < -0.4 is 10.6 Å². The highest BCUT2D eigenvalue weighted by molar-refractivity contribution is 6.09. The lowest BCUT2D eigenvalue weighted by atomic mass is 9.82. The lowest BCUT2D eigenvalue weighted by molar-refractivity contribution is -0.131. The van der Waals surface area contributed by atoms with Gasteiger partial charge in [-0.25, -0.2) is 4.79 Å². The van der Waals surface area contributed by atoms with Crippen molar-refractivity contribution in [3.63, 3.8) is 0 Å². The van der Waals surface area contributed by atoms with Gasteiger partial charge in [0.25, 0.3) is 5.91 Å². The molecular weight excluding hydrogens is 390 g/mol. The number of aliphatic hydroxyl groups excluding tert-OH is 1. The van der Waals surface area contributed by atoms with Crippen molar-refractivity contribution in [2.75, 3.05) is 13.1 Å². The number of imide groups is 1. The molecule has 1 fully saturated rings. The average Bonchev–Trinajstić information content (AvgIpc) is 2.93. The van der Waals surface area contributed by atoms with Gasteiger partial charge in [-0.2, -0.15) is 0 Å². The molecule has 6 nitrogen and oxygen atoms in total. The highest BCUT2D eigenvalue weighted by Gasteiger charge is 2.53. The van der Waals surface area contributed by atoms with Crippen LogP contribution in [0.1, 0.15) is 31.9 Å². The molecule has 1 aliphatic rings. The Balaban J connectivity index is 0.00000300. The molecule has 0 aliphatic carbocycles. The first kappa shape index (κ1) is 22.9. The van der Waals surface area contributed by atoms with E-state index in [1.807, 2.05) is 81.4 Å². The molecule has 3 N–H and O–H groups in total. The maximum Gasteiger partial charge on any atom is 0.325 e. The monoisotopic (exact) mass is 417 g/mol. The Morgan fingerprint density at radius 2 is 1.48 bits per heavy atom. The first-order chi connectivity index (χ1) is 13.2. The van der Waals surface area contributed by atoms with E-state index in [1.165, 1.54) is 0 Å². The summed E-state index contributed by atoms with van der Waals surface area (Å²) in [7, 11) is 0. The standard InChI is InChI=1S/C22H27N3O3.ClH/c1-21(2,3)23-14-18(26)15-25-19(27)22(24-20(25)28,16-10-6-4-7-11-16)17-12-8-5-9-13-17;/h4-13,18,23,26H,14-15H2,1-3H3,(H,24,28);1H. The fraction of sp³-hybridized carbons (Fsp3) is 0.364. The largest absolute Gasteiger partial charge is 0.390 e. The molecule has 156 valence electrons. The molecule has 0 bridgehead atoms. The van der Waals surface area contributed by atoms with Gasteiger partial charge in [0.2, 0.25) is 0 Å². The Hall–Kier alpha value is -2.41. The smallest absolute Gasteiger partial charge is 0.325 e. The molecule has 0 radical (unpaired) electrons. The summed E-state index contributed by atoms with van der Waals surface area (Å²) in [6.45, 7) is 6.18. The van der Waals surface area contributed by atoms with Crippen LogP contribution in [0.5, 0.6) is 0 Å². The normalized spacial score (nSPS) is 16.9. The van der Waals surface area contributed by atoms with Crippen LogP contribution in [0.3, 0.4) is 0 Å². The summed E-state index contributed by atoms with van der Waals surface area (Å²) in [5.41, 5.74) is -0.0962. The predicted octanol–water partition coefficient (Wildman–Crippen LogP) is 2.65. The van der Waals surface area contributed by atoms with Gasteiger partial charge in [0.05, 0.1) is 12.6 Å². The number of carbonyl (C=O) groups is 2.